The van der Waals surface area contributed by atoms with Crippen molar-refractivity contribution in [3.05, 3.63) is 18.2 Å². The lowest BCUT2D eigenvalue weighted by Crippen LogP contribution is -2.17. The monoisotopic (exact) mass is 187 g/mol. The van der Waals surface area contributed by atoms with Gasteiger partial charge in [0.25, 0.3) is 0 Å². The molecule has 0 spiro atoms. The second-order valence-corrected chi connectivity index (χ2v) is 2.79. The average Bonchev–Trinajstić information content (AvgIpc) is 2.48. The van der Waals surface area contributed by atoms with E-state index in [1.54, 1.807) is 17.0 Å². The Kier molecular flexibility index (Phi) is 3.16. The molecule has 0 saturated heterocycles. The van der Waals surface area contributed by atoms with Crippen molar-refractivity contribution in [1.29, 1.82) is 0 Å². The van der Waals surface area contributed by atoms with Gasteiger partial charge in [0.15, 0.2) is 5.82 Å². The largest absolute Gasteiger partial charge is 0.387 e. The average molecular weight is 187 g/mol. The highest BCUT2D eigenvalue weighted by atomic mass is 32.1. The van der Waals surface area contributed by atoms with E-state index in [1.165, 1.54) is 0 Å². The predicted molar refractivity (Wildman–Crippen MR) is 48.7 cm³/mol. The Bertz CT molecular complexity index is 271. The second-order valence-electron chi connectivity index (χ2n) is 2.35. The summed E-state index contributed by atoms with van der Waals surface area (Å²) in [4.78, 5) is 4.19. The zero-order valence-corrected chi connectivity index (χ0v) is 7.35. The van der Waals surface area contributed by atoms with Crippen molar-refractivity contribution in [3.8, 4) is 0 Å². The van der Waals surface area contributed by atoms with Crippen LogP contribution in [0, 0.1) is 0 Å². The van der Waals surface area contributed by atoms with Crippen LogP contribution in [0.4, 0.5) is 4.39 Å². The Morgan fingerprint density at radius 2 is 2.50 bits per heavy atom. The standard InChI is InChI=1S/C7H10FN3S/c8-2-1-4-11-5-3-10-7(11)6(9)12/h3,5H,1-2,4H2,(H2,9,12). The fourth-order valence-electron chi connectivity index (χ4n) is 0.945. The van der Waals surface area contributed by atoms with Gasteiger partial charge in [0, 0.05) is 18.9 Å². The summed E-state index contributed by atoms with van der Waals surface area (Å²) >= 11 is 4.75. The van der Waals surface area contributed by atoms with Crippen molar-refractivity contribution in [2.24, 2.45) is 5.73 Å². The normalized spacial score (nSPS) is 10.1. The lowest BCUT2D eigenvalue weighted by molar-refractivity contribution is 0.446. The van der Waals surface area contributed by atoms with Crippen LogP contribution in [-0.4, -0.2) is 21.2 Å². The van der Waals surface area contributed by atoms with Crippen molar-refractivity contribution in [2.75, 3.05) is 6.67 Å². The number of aromatic nitrogens is 2. The molecule has 0 aliphatic heterocycles. The van der Waals surface area contributed by atoms with Crippen LogP contribution in [0.1, 0.15) is 12.2 Å². The summed E-state index contributed by atoms with van der Waals surface area (Å²) in [5.41, 5.74) is 5.39. The van der Waals surface area contributed by atoms with Crippen molar-refractivity contribution < 1.29 is 4.39 Å². The van der Waals surface area contributed by atoms with Crippen LogP contribution >= 0.6 is 12.2 Å². The van der Waals surface area contributed by atoms with E-state index >= 15 is 0 Å². The fourth-order valence-corrected chi connectivity index (χ4v) is 1.11. The summed E-state index contributed by atoms with van der Waals surface area (Å²) in [6.07, 6.45) is 3.81. The minimum atomic E-state index is -0.338. The molecule has 12 heavy (non-hydrogen) atoms. The number of hydrogen-bond acceptors (Lipinski definition) is 2. The molecule has 1 aromatic heterocycles. The highest BCUT2D eigenvalue weighted by Gasteiger charge is 2.03. The molecule has 1 aromatic rings. The number of aryl methyl sites for hydroxylation is 1. The number of imidazole rings is 1. The van der Waals surface area contributed by atoms with Gasteiger partial charge in [-0.05, 0) is 6.42 Å². The summed E-state index contributed by atoms with van der Waals surface area (Å²) in [5, 5.41) is 0. The molecule has 2 N–H and O–H groups in total. The number of thiocarbonyl (C=S) groups is 1. The zero-order chi connectivity index (χ0) is 8.97. The summed E-state index contributed by atoms with van der Waals surface area (Å²) in [7, 11) is 0. The third kappa shape index (κ3) is 2.01. The number of nitrogens with two attached hydrogens (primary N) is 1. The molecule has 0 amide bonds. The van der Waals surface area contributed by atoms with Gasteiger partial charge in [0.2, 0.25) is 0 Å². The molecule has 1 heterocycles. The fraction of sp³-hybridized carbons (Fsp3) is 0.429. The summed E-state index contributed by atoms with van der Waals surface area (Å²) in [6, 6.07) is 0. The number of hydrogen-bond donors (Lipinski definition) is 1. The van der Waals surface area contributed by atoms with Gasteiger partial charge in [-0.15, -0.1) is 0 Å². The first-order chi connectivity index (χ1) is 5.75. The number of halogens is 1. The zero-order valence-electron chi connectivity index (χ0n) is 6.53. The van der Waals surface area contributed by atoms with E-state index in [9.17, 15) is 4.39 Å². The molecule has 0 unspecified atom stereocenters. The van der Waals surface area contributed by atoms with Gasteiger partial charge < -0.3 is 10.3 Å². The predicted octanol–water partition coefficient (Wildman–Crippen LogP) is 0.877. The van der Waals surface area contributed by atoms with Crippen LogP contribution < -0.4 is 5.73 Å². The van der Waals surface area contributed by atoms with Crippen LogP contribution in [-0.2, 0) is 6.54 Å². The van der Waals surface area contributed by atoms with Crippen molar-refractivity contribution >= 4 is 17.2 Å². The highest BCUT2D eigenvalue weighted by Crippen LogP contribution is 1.99. The molecule has 0 aliphatic rings. The van der Waals surface area contributed by atoms with Crippen molar-refractivity contribution in [1.82, 2.24) is 9.55 Å². The molecule has 5 heteroatoms. The van der Waals surface area contributed by atoms with E-state index in [4.69, 9.17) is 18.0 Å². The SMILES string of the molecule is NC(=S)c1nccn1CCCF. The van der Waals surface area contributed by atoms with Gasteiger partial charge in [-0.25, -0.2) is 4.98 Å². The molecule has 1 rings (SSSR count). The van der Waals surface area contributed by atoms with E-state index in [2.05, 4.69) is 4.98 Å². The Hall–Kier alpha value is -0.970. The minimum absolute atomic E-state index is 0.249. The Balaban J connectivity index is 2.70. The first kappa shape index (κ1) is 9.12. The van der Waals surface area contributed by atoms with Crippen LogP contribution in [0.15, 0.2) is 12.4 Å². The smallest absolute Gasteiger partial charge is 0.167 e. The summed E-state index contributed by atoms with van der Waals surface area (Å²) in [5.74, 6) is 0.554. The highest BCUT2D eigenvalue weighted by molar-refractivity contribution is 7.80. The van der Waals surface area contributed by atoms with Gasteiger partial charge in [0.1, 0.15) is 4.99 Å². The maximum Gasteiger partial charge on any atom is 0.167 e. The molecule has 0 bridgehead atoms. The van der Waals surface area contributed by atoms with Crippen LogP contribution in [0.25, 0.3) is 0 Å². The summed E-state index contributed by atoms with van der Waals surface area (Å²) in [6.45, 7) is 0.234. The summed E-state index contributed by atoms with van der Waals surface area (Å²) < 4.78 is 13.6. The Morgan fingerprint density at radius 1 is 1.75 bits per heavy atom. The maximum absolute atomic E-state index is 11.8. The Morgan fingerprint density at radius 3 is 3.08 bits per heavy atom. The van der Waals surface area contributed by atoms with E-state index in [-0.39, 0.29) is 11.7 Å². The van der Waals surface area contributed by atoms with E-state index < -0.39 is 0 Å². The van der Waals surface area contributed by atoms with Gasteiger partial charge in [-0.2, -0.15) is 0 Å². The third-order valence-electron chi connectivity index (χ3n) is 1.47. The molecule has 0 fully saturated rings. The second kappa shape index (κ2) is 4.15. The van der Waals surface area contributed by atoms with E-state index in [0.717, 1.165) is 0 Å². The molecular formula is C7H10FN3S. The van der Waals surface area contributed by atoms with Crippen molar-refractivity contribution in [3.63, 3.8) is 0 Å². The number of alkyl halides is 1. The lowest BCUT2D eigenvalue weighted by atomic mass is 10.4. The number of rotatable bonds is 4. The van der Waals surface area contributed by atoms with Crippen LogP contribution in [0.3, 0.4) is 0 Å². The molecule has 0 saturated carbocycles. The first-order valence-corrected chi connectivity index (χ1v) is 4.03. The third-order valence-corrected chi connectivity index (χ3v) is 1.65. The first-order valence-electron chi connectivity index (χ1n) is 3.62. The van der Waals surface area contributed by atoms with Crippen molar-refractivity contribution in [2.45, 2.75) is 13.0 Å². The van der Waals surface area contributed by atoms with Gasteiger partial charge in [-0.1, -0.05) is 12.2 Å². The molecule has 66 valence electrons. The molecule has 0 atom stereocenters. The minimum Gasteiger partial charge on any atom is -0.387 e. The maximum atomic E-state index is 11.8. The van der Waals surface area contributed by atoms with Gasteiger partial charge in [0.05, 0.1) is 6.67 Å². The lowest BCUT2D eigenvalue weighted by Gasteiger charge is -2.03. The topological polar surface area (TPSA) is 43.8 Å². The molecular weight excluding hydrogens is 177 g/mol. The molecule has 0 aromatic carbocycles. The number of nitrogens with zero attached hydrogens (tertiary/aromatic N) is 2. The molecule has 0 aliphatic carbocycles. The van der Waals surface area contributed by atoms with Gasteiger partial charge >= 0.3 is 0 Å². The van der Waals surface area contributed by atoms with E-state index in [0.29, 0.717) is 18.8 Å². The van der Waals surface area contributed by atoms with Crippen LogP contribution in [0.5, 0.6) is 0 Å². The molecule has 0 radical (unpaired) electrons. The van der Waals surface area contributed by atoms with Crippen LogP contribution in [0.2, 0.25) is 0 Å². The Labute approximate surface area is 75.4 Å². The van der Waals surface area contributed by atoms with E-state index in [1.807, 2.05) is 0 Å². The quantitative estimate of drug-likeness (QED) is 0.711. The van der Waals surface area contributed by atoms with Gasteiger partial charge in [-0.3, -0.25) is 4.39 Å². The molecule has 3 nitrogen and oxygen atoms in total.